The van der Waals surface area contributed by atoms with E-state index in [1.165, 1.54) is 4.90 Å². The van der Waals surface area contributed by atoms with Gasteiger partial charge in [0.05, 0.1) is 17.5 Å². The van der Waals surface area contributed by atoms with Crippen molar-refractivity contribution in [3.8, 4) is 5.75 Å². The van der Waals surface area contributed by atoms with Crippen molar-refractivity contribution in [2.24, 2.45) is 11.8 Å². The zero-order valence-corrected chi connectivity index (χ0v) is 21.1. The molecule has 3 aromatic carbocycles. The summed E-state index contributed by atoms with van der Waals surface area (Å²) in [6, 6.07) is 23.3. The van der Waals surface area contributed by atoms with Gasteiger partial charge in [0.1, 0.15) is 0 Å². The molecule has 3 aliphatic carbocycles. The van der Waals surface area contributed by atoms with E-state index in [1.807, 2.05) is 24.3 Å². The molecule has 0 N–H and O–H groups in total. The van der Waals surface area contributed by atoms with Crippen molar-refractivity contribution in [3.05, 3.63) is 95.1 Å². The molecule has 5 nitrogen and oxygen atoms in total. The molecule has 3 aromatic rings. The Labute approximate surface area is 217 Å². The Bertz CT molecular complexity index is 1260. The Morgan fingerprint density at radius 3 is 1.73 bits per heavy atom. The molecule has 1 saturated heterocycles. The molecule has 0 saturated carbocycles. The number of nitrogens with zero attached hydrogens (tertiary/aromatic N) is 1. The minimum absolute atomic E-state index is 0.165. The molecule has 0 unspecified atom stereocenters. The van der Waals surface area contributed by atoms with Gasteiger partial charge in [0.25, 0.3) is 0 Å². The smallest absolute Gasteiger partial charge is 0.311 e. The van der Waals surface area contributed by atoms with Crippen LogP contribution in [0.1, 0.15) is 79.5 Å². The van der Waals surface area contributed by atoms with Gasteiger partial charge in [0, 0.05) is 18.3 Å². The van der Waals surface area contributed by atoms with Gasteiger partial charge in [-0.05, 0) is 40.8 Å². The number of para-hydroxylation sites is 2. The Morgan fingerprint density at radius 1 is 0.703 bits per heavy atom. The second-order valence-corrected chi connectivity index (χ2v) is 10.4. The maximum atomic E-state index is 14.0. The highest BCUT2D eigenvalue weighted by atomic mass is 16.5. The lowest BCUT2D eigenvalue weighted by Crippen LogP contribution is -2.41. The lowest BCUT2D eigenvalue weighted by molar-refractivity contribution is -0.134. The predicted octanol–water partition coefficient (Wildman–Crippen LogP) is 6.35. The first kappa shape index (κ1) is 23.7. The number of ether oxygens (including phenoxy) is 1. The predicted molar refractivity (Wildman–Crippen MR) is 141 cm³/mol. The van der Waals surface area contributed by atoms with E-state index in [1.54, 1.807) is 24.3 Å². The van der Waals surface area contributed by atoms with Crippen molar-refractivity contribution in [3.63, 3.8) is 0 Å². The zero-order chi connectivity index (χ0) is 25.5. The first-order valence-corrected chi connectivity index (χ1v) is 13.5. The summed E-state index contributed by atoms with van der Waals surface area (Å²) < 4.78 is 5.72. The third kappa shape index (κ3) is 3.79. The van der Waals surface area contributed by atoms with Crippen LogP contribution in [-0.4, -0.2) is 17.8 Å². The number of rotatable bonds is 8. The average Bonchev–Trinajstić information content (AvgIpc) is 3.19. The molecule has 0 radical (unpaired) electrons. The van der Waals surface area contributed by atoms with Gasteiger partial charge in [-0.3, -0.25) is 14.4 Å². The van der Waals surface area contributed by atoms with Gasteiger partial charge in [-0.25, -0.2) is 4.90 Å². The number of carbonyl (C=O) groups is 3. The fourth-order valence-electron chi connectivity index (χ4n) is 6.69. The number of esters is 1. The zero-order valence-electron chi connectivity index (χ0n) is 21.1. The van der Waals surface area contributed by atoms with E-state index < -0.39 is 11.8 Å². The van der Waals surface area contributed by atoms with E-state index in [0.29, 0.717) is 12.1 Å². The summed E-state index contributed by atoms with van der Waals surface area (Å²) in [7, 11) is 0. The highest BCUT2D eigenvalue weighted by Crippen LogP contribution is 2.61. The van der Waals surface area contributed by atoms with Crippen LogP contribution >= 0.6 is 0 Å². The van der Waals surface area contributed by atoms with Crippen LogP contribution in [0.3, 0.4) is 0 Å². The largest absolute Gasteiger partial charge is 0.424 e. The number of imide groups is 1. The van der Waals surface area contributed by atoms with Crippen LogP contribution in [0, 0.1) is 11.8 Å². The van der Waals surface area contributed by atoms with Crippen molar-refractivity contribution < 1.29 is 19.1 Å². The highest BCUT2D eigenvalue weighted by molar-refractivity contribution is 6.24. The molecule has 37 heavy (non-hydrogen) atoms. The van der Waals surface area contributed by atoms with Crippen LogP contribution in [0.4, 0.5) is 5.69 Å². The molecule has 5 heteroatoms. The van der Waals surface area contributed by atoms with Gasteiger partial charge in [-0.1, -0.05) is 93.3 Å². The normalized spacial score (nSPS) is 23.0. The summed E-state index contributed by atoms with van der Waals surface area (Å²) in [4.78, 5) is 42.0. The third-order valence-electron chi connectivity index (χ3n) is 8.26. The number of hydrogen-bond acceptors (Lipinski definition) is 4. The lowest BCUT2D eigenvalue weighted by atomic mass is 9.55. The molecule has 7 rings (SSSR count). The third-order valence-corrected chi connectivity index (χ3v) is 8.26. The maximum absolute atomic E-state index is 14.0. The summed E-state index contributed by atoms with van der Waals surface area (Å²) in [5, 5.41) is 0. The first-order valence-electron chi connectivity index (χ1n) is 13.5. The Balaban J connectivity index is 1.32. The Morgan fingerprint density at radius 2 is 1.19 bits per heavy atom. The topological polar surface area (TPSA) is 63.7 Å². The van der Waals surface area contributed by atoms with Gasteiger partial charge >= 0.3 is 5.97 Å². The SMILES string of the molecule is CCCCCCCC(=O)Oc1ccccc1N1C(=O)[C@H]2C3c4ccccc4C(c4ccccc43)[C@@H]2C1=O. The first-order chi connectivity index (χ1) is 18.1. The van der Waals surface area contributed by atoms with E-state index in [2.05, 4.69) is 31.2 Å². The Hall–Kier alpha value is -3.73. The molecule has 4 aliphatic rings. The fraction of sp³-hybridized carbons (Fsp3) is 0.344. The van der Waals surface area contributed by atoms with Crippen molar-refractivity contribution in [2.75, 3.05) is 4.90 Å². The number of unbranched alkanes of at least 4 members (excludes halogenated alkanes) is 4. The van der Waals surface area contributed by atoms with Crippen LogP contribution in [0.15, 0.2) is 72.8 Å². The number of carbonyl (C=O) groups excluding carboxylic acids is 3. The minimum Gasteiger partial charge on any atom is -0.424 e. The molecule has 2 atom stereocenters. The van der Waals surface area contributed by atoms with Crippen LogP contribution in [0.25, 0.3) is 0 Å². The van der Waals surface area contributed by atoms with Gasteiger partial charge in [-0.2, -0.15) is 0 Å². The molecule has 0 spiro atoms. The van der Waals surface area contributed by atoms with E-state index in [4.69, 9.17) is 4.74 Å². The van der Waals surface area contributed by atoms with Crippen molar-refractivity contribution >= 4 is 23.5 Å². The molecular weight excluding hydrogens is 462 g/mol. The van der Waals surface area contributed by atoms with Gasteiger partial charge < -0.3 is 4.74 Å². The average molecular weight is 494 g/mol. The van der Waals surface area contributed by atoms with E-state index >= 15 is 0 Å². The summed E-state index contributed by atoms with van der Waals surface area (Å²) in [6.07, 6.45) is 5.49. The summed E-state index contributed by atoms with van der Waals surface area (Å²) in [6.45, 7) is 2.16. The number of anilines is 1. The van der Waals surface area contributed by atoms with E-state index in [-0.39, 0.29) is 35.4 Å². The molecule has 188 valence electrons. The number of benzene rings is 3. The minimum atomic E-state index is -0.468. The van der Waals surface area contributed by atoms with E-state index in [9.17, 15) is 14.4 Å². The second kappa shape index (κ2) is 9.62. The van der Waals surface area contributed by atoms with Gasteiger partial charge in [0.15, 0.2) is 5.75 Å². The fourth-order valence-corrected chi connectivity index (χ4v) is 6.69. The summed E-state index contributed by atoms with van der Waals surface area (Å²) >= 11 is 0. The lowest BCUT2D eigenvalue weighted by Gasteiger charge is -2.45. The van der Waals surface area contributed by atoms with Gasteiger partial charge in [0.2, 0.25) is 11.8 Å². The molecule has 2 amide bonds. The molecular formula is C32H31NO4. The van der Waals surface area contributed by atoms with Crippen LogP contribution in [0.2, 0.25) is 0 Å². The van der Waals surface area contributed by atoms with Gasteiger partial charge in [-0.15, -0.1) is 0 Å². The summed E-state index contributed by atoms with van der Waals surface area (Å²) in [5.41, 5.74) is 4.91. The Kier molecular flexibility index (Phi) is 6.15. The molecule has 1 aliphatic heterocycles. The van der Waals surface area contributed by atoms with Crippen molar-refractivity contribution in [1.82, 2.24) is 0 Å². The maximum Gasteiger partial charge on any atom is 0.311 e. The number of hydrogen-bond donors (Lipinski definition) is 0. The molecule has 0 aromatic heterocycles. The molecule has 1 fully saturated rings. The monoisotopic (exact) mass is 493 g/mol. The molecule has 2 bridgehead atoms. The van der Waals surface area contributed by atoms with Crippen LogP contribution in [-0.2, 0) is 14.4 Å². The van der Waals surface area contributed by atoms with E-state index in [0.717, 1.165) is 54.4 Å². The standard InChI is InChI=1S/C32H31NO4/c1-2-3-4-5-6-19-26(34)37-25-18-12-11-17-24(25)33-31(35)29-27-20-13-7-8-14-21(20)28(30(29)32(33)36)23-16-10-9-15-22(23)27/h7-18,27-30H,2-6,19H2,1H3/t27?,28?,29-,30-/m0/s1. The quantitative estimate of drug-likeness (QED) is 0.159. The van der Waals surface area contributed by atoms with Crippen molar-refractivity contribution in [1.29, 1.82) is 0 Å². The number of amides is 2. The summed E-state index contributed by atoms with van der Waals surface area (Å²) in [5.74, 6) is -1.75. The second-order valence-electron chi connectivity index (χ2n) is 10.4. The van der Waals surface area contributed by atoms with Crippen LogP contribution < -0.4 is 9.64 Å². The highest BCUT2D eigenvalue weighted by Gasteiger charge is 2.62. The van der Waals surface area contributed by atoms with Crippen molar-refractivity contribution in [2.45, 2.75) is 57.3 Å². The molecule has 1 heterocycles. The van der Waals surface area contributed by atoms with Crippen LogP contribution in [0.5, 0.6) is 5.75 Å².